The van der Waals surface area contributed by atoms with E-state index in [1.54, 1.807) is 7.11 Å². The largest absolute Gasteiger partial charge is 0.383 e. The van der Waals surface area contributed by atoms with E-state index < -0.39 is 0 Å². The van der Waals surface area contributed by atoms with E-state index in [2.05, 4.69) is 33.7 Å². The van der Waals surface area contributed by atoms with Gasteiger partial charge in [-0.25, -0.2) is 4.98 Å². The van der Waals surface area contributed by atoms with Crippen LogP contribution in [0.5, 0.6) is 0 Å². The molecule has 17 heavy (non-hydrogen) atoms. The second-order valence-corrected chi connectivity index (χ2v) is 4.32. The Morgan fingerprint density at radius 1 is 1.59 bits per heavy atom. The Morgan fingerprint density at radius 2 is 2.35 bits per heavy atom. The van der Waals surface area contributed by atoms with E-state index in [-0.39, 0.29) is 0 Å². The molecular formula is C12H24N4O. The van der Waals surface area contributed by atoms with E-state index in [0.29, 0.717) is 12.6 Å². The van der Waals surface area contributed by atoms with Gasteiger partial charge in [0.05, 0.1) is 12.6 Å². The van der Waals surface area contributed by atoms with Gasteiger partial charge in [0.15, 0.2) is 0 Å². The minimum atomic E-state index is 0.309. The minimum Gasteiger partial charge on any atom is -0.383 e. The van der Waals surface area contributed by atoms with E-state index in [1.807, 2.05) is 19.4 Å². The normalized spacial score (nSPS) is 12.7. The van der Waals surface area contributed by atoms with Gasteiger partial charge in [0.1, 0.15) is 0 Å². The van der Waals surface area contributed by atoms with Gasteiger partial charge in [-0.1, -0.05) is 0 Å². The lowest BCUT2D eigenvalue weighted by Gasteiger charge is -2.22. The number of ether oxygens (including phenoxy) is 1. The van der Waals surface area contributed by atoms with Crippen LogP contribution in [0.4, 0.5) is 5.95 Å². The van der Waals surface area contributed by atoms with E-state index in [1.165, 1.54) is 0 Å². The summed E-state index contributed by atoms with van der Waals surface area (Å²) in [6, 6.07) is 0.309. The van der Waals surface area contributed by atoms with Gasteiger partial charge in [0, 0.05) is 33.1 Å². The van der Waals surface area contributed by atoms with Gasteiger partial charge in [0.2, 0.25) is 5.95 Å². The lowest BCUT2D eigenvalue weighted by atomic mass is 10.3. The van der Waals surface area contributed by atoms with Crippen LogP contribution in [0.25, 0.3) is 0 Å². The van der Waals surface area contributed by atoms with Crippen LogP contribution in [0.2, 0.25) is 0 Å². The highest BCUT2D eigenvalue weighted by molar-refractivity contribution is 5.30. The van der Waals surface area contributed by atoms with E-state index in [0.717, 1.165) is 25.5 Å². The summed E-state index contributed by atoms with van der Waals surface area (Å²) in [5.74, 6) is 1.01. The molecule has 1 N–H and O–H groups in total. The lowest BCUT2D eigenvalue weighted by molar-refractivity contribution is 0.162. The van der Waals surface area contributed by atoms with Crippen LogP contribution in [0.3, 0.4) is 0 Å². The van der Waals surface area contributed by atoms with Crippen molar-refractivity contribution < 1.29 is 4.74 Å². The third-order valence-electron chi connectivity index (χ3n) is 2.79. The number of rotatable bonds is 8. The number of nitrogens with zero attached hydrogens (tertiary/aromatic N) is 3. The second-order valence-electron chi connectivity index (χ2n) is 4.32. The van der Waals surface area contributed by atoms with Gasteiger partial charge in [-0.15, -0.1) is 0 Å². The molecule has 0 amide bonds. The van der Waals surface area contributed by atoms with Gasteiger partial charge in [-0.2, -0.15) is 0 Å². The van der Waals surface area contributed by atoms with Gasteiger partial charge in [-0.3, -0.25) is 0 Å². The third-order valence-corrected chi connectivity index (χ3v) is 2.79. The standard InChI is InChI=1S/C12H24N4O/c1-11(10-17-4)16-9-7-14-12(16)15(3)8-5-6-13-2/h7,9,11,13H,5-6,8,10H2,1-4H3. The first kappa shape index (κ1) is 14.0. The van der Waals surface area contributed by atoms with Crippen LogP contribution in [-0.4, -0.2) is 50.5 Å². The van der Waals surface area contributed by atoms with Crippen LogP contribution in [0.15, 0.2) is 12.4 Å². The molecule has 0 aliphatic carbocycles. The highest BCUT2D eigenvalue weighted by atomic mass is 16.5. The quantitative estimate of drug-likeness (QED) is 0.692. The smallest absolute Gasteiger partial charge is 0.205 e. The molecule has 0 aliphatic rings. The molecule has 0 bridgehead atoms. The van der Waals surface area contributed by atoms with Crippen molar-refractivity contribution in [3.05, 3.63) is 12.4 Å². The number of anilines is 1. The first-order valence-corrected chi connectivity index (χ1v) is 6.08. The predicted molar refractivity (Wildman–Crippen MR) is 70.6 cm³/mol. The summed E-state index contributed by atoms with van der Waals surface area (Å²) >= 11 is 0. The van der Waals surface area contributed by atoms with Crippen LogP contribution >= 0.6 is 0 Å². The van der Waals surface area contributed by atoms with Gasteiger partial charge < -0.3 is 19.5 Å². The Hall–Kier alpha value is -1.07. The number of hydrogen-bond acceptors (Lipinski definition) is 4. The molecule has 0 aliphatic heterocycles. The molecule has 1 unspecified atom stereocenters. The zero-order valence-corrected chi connectivity index (χ0v) is 11.3. The molecule has 1 rings (SSSR count). The molecule has 98 valence electrons. The number of methoxy groups -OCH3 is 1. The van der Waals surface area contributed by atoms with Crippen molar-refractivity contribution in [2.24, 2.45) is 0 Å². The van der Waals surface area contributed by atoms with Crippen molar-refractivity contribution >= 4 is 5.95 Å². The van der Waals surface area contributed by atoms with E-state index >= 15 is 0 Å². The summed E-state index contributed by atoms with van der Waals surface area (Å²) in [5.41, 5.74) is 0. The van der Waals surface area contributed by atoms with E-state index in [9.17, 15) is 0 Å². The topological polar surface area (TPSA) is 42.3 Å². The van der Waals surface area contributed by atoms with Gasteiger partial charge in [0.25, 0.3) is 0 Å². The highest BCUT2D eigenvalue weighted by Crippen LogP contribution is 2.16. The molecule has 0 fully saturated rings. The minimum absolute atomic E-state index is 0.309. The first-order chi connectivity index (χ1) is 8.20. The number of hydrogen-bond donors (Lipinski definition) is 1. The summed E-state index contributed by atoms with van der Waals surface area (Å²) in [5, 5.41) is 3.15. The monoisotopic (exact) mass is 240 g/mol. The van der Waals surface area contributed by atoms with Crippen LogP contribution in [0.1, 0.15) is 19.4 Å². The zero-order chi connectivity index (χ0) is 12.7. The Labute approximate surface area is 104 Å². The van der Waals surface area contributed by atoms with Crippen LogP contribution in [0, 0.1) is 0 Å². The molecule has 1 aromatic heterocycles. The zero-order valence-electron chi connectivity index (χ0n) is 11.3. The molecule has 1 atom stereocenters. The summed E-state index contributed by atoms with van der Waals surface area (Å²) in [6.07, 6.45) is 4.96. The predicted octanol–water partition coefficient (Wildman–Crippen LogP) is 1.14. The third kappa shape index (κ3) is 4.02. The molecule has 5 heteroatoms. The van der Waals surface area contributed by atoms with Crippen LogP contribution < -0.4 is 10.2 Å². The first-order valence-electron chi connectivity index (χ1n) is 6.08. The van der Waals surface area contributed by atoms with Crippen LogP contribution in [-0.2, 0) is 4.74 Å². The van der Waals surface area contributed by atoms with Crippen molar-refractivity contribution in [3.8, 4) is 0 Å². The average molecular weight is 240 g/mol. The number of nitrogens with one attached hydrogen (secondary N) is 1. The molecule has 0 spiro atoms. The maximum absolute atomic E-state index is 5.18. The van der Waals surface area contributed by atoms with Crippen molar-refractivity contribution in [3.63, 3.8) is 0 Å². The maximum Gasteiger partial charge on any atom is 0.205 e. The van der Waals surface area contributed by atoms with Gasteiger partial charge in [-0.05, 0) is 26.9 Å². The van der Waals surface area contributed by atoms with Crippen molar-refractivity contribution in [1.29, 1.82) is 0 Å². The Balaban J connectivity index is 2.60. The van der Waals surface area contributed by atoms with Crippen molar-refractivity contribution in [2.45, 2.75) is 19.4 Å². The molecule has 0 aromatic carbocycles. The fourth-order valence-corrected chi connectivity index (χ4v) is 1.86. The Morgan fingerprint density at radius 3 is 3.00 bits per heavy atom. The lowest BCUT2D eigenvalue weighted by Crippen LogP contribution is -2.26. The molecular weight excluding hydrogens is 216 g/mol. The van der Waals surface area contributed by atoms with E-state index in [4.69, 9.17) is 4.74 Å². The van der Waals surface area contributed by atoms with Gasteiger partial charge >= 0.3 is 0 Å². The van der Waals surface area contributed by atoms with Crippen molar-refractivity contribution in [2.75, 3.05) is 45.8 Å². The highest BCUT2D eigenvalue weighted by Gasteiger charge is 2.12. The fourth-order valence-electron chi connectivity index (χ4n) is 1.86. The number of aromatic nitrogens is 2. The molecule has 1 heterocycles. The SMILES string of the molecule is CNCCCN(C)c1nccn1C(C)COC. The molecule has 0 saturated heterocycles. The number of imidazole rings is 1. The van der Waals surface area contributed by atoms with Crippen molar-refractivity contribution in [1.82, 2.24) is 14.9 Å². The molecule has 0 radical (unpaired) electrons. The Bertz CT molecular complexity index is 313. The summed E-state index contributed by atoms with van der Waals surface area (Å²) in [6.45, 7) is 4.86. The summed E-state index contributed by atoms with van der Waals surface area (Å²) < 4.78 is 7.34. The fraction of sp³-hybridized carbons (Fsp3) is 0.750. The summed E-state index contributed by atoms with van der Waals surface area (Å²) in [7, 11) is 5.78. The average Bonchev–Trinajstić information content (AvgIpc) is 2.78. The maximum atomic E-state index is 5.18. The molecule has 0 saturated carbocycles. The molecule has 5 nitrogen and oxygen atoms in total. The second kappa shape index (κ2) is 7.29. The molecule has 1 aromatic rings. The Kier molecular flexibility index (Phi) is 6.00. The summed E-state index contributed by atoms with van der Waals surface area (Å²) in [4.78, 5) is 6.60.